The van der Waals surface area contributed by atoms with E-state index in [1.165, 1.54) is 96.3 Å². The lowest BCUT2D eigenvalue weighted by atomic mass is 10.0. The molecule has 0 saturated heterocycles. The van der Waals surface area contributed by atoms with E-state index in [1.807, 2.05) is 0 Å². The molecule has 0 heterocycles. The largest absolute Gasteiger partial charge is 0.462 e. The van der Waals surface area contributed by atoms with Gasteiger partial charge in [-0.3, -0.25) is 14.4 Å². The van der Waals surface area contributed by atoms with Crippen molar-refractivity contribution in [3.05, 3.63) is 72.9 Å². The van der Waals surface area contributed by atoms with Gasteiger partial charge in [0.05, 0.1) is 0 Å². The van der Waals surface area contributed by atoms with Gasteiger partial charge < -0.3 is 14.2 Å². The van der Waals surface area contributed by atoms with E-state index in [0.717, 1.165) is 103 Å². The molecule has 350 valence electrons. The molecular weight excluding hydrogens is 757 g/mol. The Morgan fingerprint density at radius 2 is 0.656 bits per heavy atom. The van der Waals surface area contributed by atoms with Crippen LogP contribution in [-0.4, -0.2) is 37.2 Å². The predicted molar refractivity (Wildman–Crippen MR) is 261 cm³/mol. The van der Waals surface area contributed by atoms with E-state index in [2.05, 4.69) is 93.7 Å². The van der Waals surface area contributed by atoms with Crippen molar-refractivity contribution in [3.8, 4) is 0 Å². The maximum atomic E-state index is 12.8. The summed E-state index contributed by atoms with van der Waals surface area (Å²) in [5.74, 6) is -0.930. The molecule has 0 aliphatic heterocycles. The maximum absolute atomic E-state index is 12.8. The second kappa shape index (κ2) is 49.5. The van der Waals surface area contributed by atoms with Gasteiger partial charge in [0.2, 0.25) is 0 Å². The first-order chi connectivity index (χ1) is 30.0. The minimum Gasteiger partial charge on any atom is -0.462 e. The Morgan fingerprint density at radius 3 is 1.08 bits per heavy atom. The van der Waals surface area contributed by atoms with Gasteiger partial charge in [0.1, 0.15) is 13.2 Å². The third-order valence-electron chi connectivity index (χ3n) is 10.7. The lowest BCUT2D eigenvalue weighted by Crippen LogP contribution is -2.30. The van der Waals surface area contributed by atoms with Crippen molar-refractivity contribution in [2.75, 3.05) is 13.2 Å². The SMILES string of the molecule is CC/C=C\C/C=C\C/C=C\C/C=C\C/C=C\CCCCCC(=O)OC[C@H](COC(=O)CCCCCCC/C=C\CCCC)OC(=O)CCCCCCCCCCCCCCC. The number of hydrogen-bond acceptors (Lipinski definition) is 6. The summed E-state index contributed by atoms with van der Waals surface area (Å²) in [6, 6.07) is 0. The average Bonchev–Trinajstić information content (AvgIpc) is 3.26. The van der Waals surface area contributed by atoms with E-state index in [-0.39, 0.29) is 31.1 Å². The molecule has 0 saturated carbocycles. The number of carbonyl (C=O) groups excluding carboxylic acids is 3. The molecule has 0 unspecified atom stereocenters. The Balaban J connectivity index is 4.42. The van der Waals surface area contributed by atoms with Gasteiger partial charge in [-0.05, 0) is 83.5 Å². The number of hydrogen-bond donors (Lipinski definition) is 0. The minimum absolute atomic E-state index is 0.0892. The standard InChI is InChI=1S/C55H94O6/c1-4-7-10-13-16-19-22-24-25-26-27-28-29-31-33-36-39-42-45-48-54(57)60-51-52(50-59-53(56)47-44-41-38-35-32-21-18-15-12-9-6-3)61-55(58)49-46-43-40-37-34-30-23-20-17-14-11-8-5-2/h7,10,15-16,18-19,24-25,27-28,31,33,52H,4-6,8-9,11-14,17,20-23,26,29-30,32,34-51H2,1-3H3/b10-7-,18-15-,19-16-,25-24-,28-27-,33-31-/t52-/m0/s1. The molecule has 1 atom stereocenters. The van der Waals surface area contributed by atoms with Crippen LogP contribution < -0.4 is 0 Å². The summed E-state index contributed by atoms with van der Waals surface area (Å²) in [5, 5.41) is 0. The van der Waals surface area contributed by atoms with Crippen LogP contribution in [0, 0.1) is 0 Å². The highest BCUT2D eigenvalue weighted by molar-refractivity contribution is 5.71. The van der Waals surface area contributed by atoms with Crippen LogP contribution in [0.5, 0.6) is 0 Å². The highest BCUT2D eigenvalue weighted by Gasteiger charge is 2.19. The average molecular weight is 851 g/mol. The third-order valence-corrected chi connectivity index (χ3v) is 10.7. The minimum atomic E-state index is -0.789. The number of allylic oxidation sites excluding steroid dienone is 12. The Bertz CT molecular complexity index is 1160. The summed E-state index contributed by atoms with van der Waals surface area (Å²) in [7, 11) is 0. The smallest absolute Gasteiger partial charge is 0.306 e. The number of rotatable bonds is 45. The maximum Gasteiger partial charge on any atom is 0.306 e. The van der Waals surface area contributed by atoms with Crippen molar-refractivity contribution in [2.45, 2.75) is 245 Å². The van der Waals surface area contributed by atoms with E-state index in [4.69, 9.17) is 14.2 Å². The topological polar surface area (TPSA) is 78.9 Å². The van der Waals surface area contributed by atoms with Crippen LogP contribution in [0.25, 0.3) is 0 Å². The Kier molecular flexibility index (Phi) is 46.9. The molecule has 0 aliphatic carbocycles. The molecule has 0 amide bonds. The van der Waals surface area contributed by atoms with Crippen molar-refractivity contribution in [1.82, 2.24) is 0 Å². The number of carbonyl (C=O) groups is 3. The van der Waals surface area contributed by atoms with Crippen molar-refractivity contribution in [2.24, 2.45) is 0 Å². The molecule has 0 aromatic heterocycles. The van der Waals surface area contributed by atoms with E-state index in [1.54, 1.807) is 0 Å². The highest BCUT2D eigenvalue weighted by Crippen LogP contribution is 2.15. The van der Waals surface area contributed by atoms with E-state index in [9.17, 15) is 14.4 Å². The van der Waals surface area contributed by atoms with E-state index in [0.29, 0.717) is 19.3 Å². The van der Waals surface area contributed by atoms with Crippen LogP contribution >= 0.6 is 0 Å². The number of esters is 3. The molecule has 0 aliphatic rings. The van der Waals surface area contributed by atoms with Gasteiger partial charge in [0, 0.05) is 19.3 Å². The first-order valence-electron chi connectivity index (χ1n) is 25.4. The van der Waals surface area contributed by atoms with Gasteiger partial charge in [-0.25, -0.2) is 0 Å². The first-order valence-corrected chi connectivity index (χ1v) is 25.4. The van der Waals surface area contributed by atoms with Crippen LogP contribution in [0.2, 0.25) is 0 Å². The van der Waals surface area contributed by atoms with E-state index < -0.39 is 6.10 Å². The molecule has 6 heteroatoms. The fourth-order valence-electron chi connectivity index (χ4n) is 6.86. The molecular formula is C55H94O6. The first kappa shape index (κ1) is 57.9. The molecule has 0 spiro atoms. The van der Waals surface area contributed by atoms with Gasteiger partial charge in [0.25, 0.3) is 0 Å². The Hall–Kier alpha value is -3.15. The molecule has 0 radical (unpaired) electrons. The zero-order valence-corrected chi connectivity index (χ0v) is 39.9. The quantitative estimate of drug-likeness (QED) is 0.0263. The number of ether oxygens (including phenoxy) is 3. The highest BCUT2D eigenvalue weighted by atomic mass is 16.6. The fraction of sp³-hybridized carbons (Fsp3) is 0.727. The van der Waals surface area contributed by atoms with Gasteiger partial charge in [0.15, 0.2) is 6.10 Å². The summed E-state index contributed by atoms with van der Waals surface area (Å²) in [5.41, 5.74) is 0. The van der Waals surface area contributed by atoms with Crippen molar-refractivity contribution < 1.29 is 28.6 Å². The summed E-state index contributed by atoms with van der Waals surface area (Å²) < 4.78 is 16.7. The van der Waals surface area contributed by atoms with Gasteiger partial charge in [-0.1, -0.05) is 209 Å². The van der Waals surface area contributed by atoms with Crippen LogP contribution in [0.1, 0.15) is 239 Å². The summed E-state index contributed by atoms with van der Waals surface area (Å²) in [4.78, 5) is 37.9. The monoisotopic (exact) mass is 851 g/mol. The summed E-state index contributed by atoms with van der Waals surface area (Å²) in [6.07, 6.45) is 61.7. The van der Waals surface area contributed by atoms with Crippen LogP contribution in [0.3, 0.4) is 0 Å². The molecule has 61 heavy (non-hydrogen) atoms. The number of unbranched alkanes of at least 4 members (excludes halogenated alkanes) is 22. The normalized spacial score (nSPS) is 12.6. The zero-order valence-electron chi connectivity index (χ0n) is 39.9. The van der Waals surface area contributed by atoms with Crippen LogP contribution in [0.15, 0.2) is 72.9 Å². The Labute approximate surface area is 376 Å². The molecule has 0 aromatic rings. The van der Waals surface area contributed by atoms with Crippen molar-refractivity contribution in [3.63, 3.8) is 0 Å². The van der Waals surface area contributed by atoms with Gasteiger partial charge >= 0.3 is 17.9 Å². The van der Waals surface area contributed by atoms with E-state index >= 15 is 0 Å². The molecule has 0 rings (SSSR count). The lowest BCUT2D eigenvalue weighted by Gasteiger charge is -2.18. The molecule has 0 aromatic carbocycles. The summed E-state index contributed by atoms with van der Waals surface area (Å²) >= 11 is 0. The fourth-order valence-corrected chi connectivity index (χ4v) is 6.86. The van der Waals surface area contributed by atoms with Crippen LogP contribution in [-0.2, 0) is 28.6 Å². The third kappa shape index (κ3) is 47.7. The lowest BCUT2D eigenvalue weighted by molar-refractivity contribution is -0.167. The van der Waals surface area contributed by atoms with Crippen LogP contribution in [0.4, 0.5) is 0 Å². The Morgan fingerprint density at radius 1 is 0.344 bits per heavy atom. The molecule has 6 nitrogen and oxygen atoms in total. The van der Waals surface area contributed by atoms with Crippen molar-refractivity contribution in [1.29, 1.82) is 0 Å². The molecule has 0 bridgehead atoms. The second-order valence-corrected chi connectivity index (χ2v) is 16.7. The molecule has 0 fully saturated rings. The summed E-state index contributed by atoms with van der Waals surface area (Å²) in [6.45, 7) is 6.45. The van der Waals surface area contributed by atoms with Gasteiger partial charge in [-0.2, -0.15) is 0 Å². The van der Waals surface area contributed by atoms with Crippen molar-refractivity contribution >= 4 is 17.9 Å². The van der Waals surface area contributed by atoms with Gasteiger partial charge in [-0.15, -0.1) is 0 Å². The zero-order chi connectivity index (χ0) is 44.4. The second-order valence-electron chi connectivity index (χ2n) is 16.7. The predicted octanol–water partition coefficient (Wildman–Crippen LogP) is 16.6. The molecule has 0 N–H and O–H groups in total.